The van der Waals surface area contributed by atoms with Crippen molar-refractivity contribution < 1.29 is 31.5 Å². The molecule has 9 heteroatoms. The minimum atomic E-state index is -3.38. The molecule has 1 aliphatic rings. The number of fused-ring (bicyclic) bond motifs is 2. The largest absolute Gasteiger partial charge is 0.467 e. The van der Waals surface area contributed by atoms with E-state index in [4.69, 9.17) is 13.9 Å². The molecule has 1 aromatic heterocycles. The topological polar surface area (TPSA) is 94.8 Å². The maximum absolute atomic E-state index is 13.9. The zero-order valence-corrected chi connectivity index (χ0v) is 17.1. The SMILES string of the molecule is CS(=O)(=O)Cc1c(C(=O)NCCc2cc(F)cc3c2OCOC3)oc2ccccc12. The minimum Gasteiger partial charge on any atom is -0.467 e. The Balaban J connectivity index is 1.53. The van der Waals surface area contributed by atoms with Crippen molar-refractivity contribution in [1.29, 1.82) is 0 Å². The van der Waals surface area contributed by atoms with Crippen molar-refractivity contribution in [2.45, 2.75) is 18.8 Å². The maximum Gasteiger partial charge on any atom is 0.287 e. The molecule has 7 nitrogen and oxygen atoms in total. The van der Waals surface area contributed by atoms with Gasteiger partial charge in [0.25, 0.3) is 5.91 Å². The van der Waals surface area contributed by atoms with Gasteiger partial charge in [-0.05, 0) is 30.2 Å². The molecule has 0 unspecified atom stereocenters. The van der Waals surface area contributed by atoms with Crippen LogP contribution in [0.4, 0.5) is 4.39 Å². The zero-order chi connectivity index (χ0) is 21.3. The van der Waals surface area contributed by atoms with Crippen molar-refractivity contribution in [3.05, 3.63) is 64.7 Å². The van der Waals surface area contributed by atoms with E-state index in [0.29, 0.717) is 39.8 Å². The molecule has 2 aromatic carbocycles. The van der Waals surface area contributed by atoms with Crippen molar-refractivity contribution in [3.8, 4) is 5.75 Å². The first kappa shape index (κ1) is 20.4. The molecule has 0 bridgehead atoms. The quantitative estimate of drug-likeness (QED) is 0.642. The van der Waals surface area contributed by atoms with E-state index in [1.165, 1.54) is 12.1 Å². The number of amides is 1. The summed E-state index contributed by atoms with van der Waals surface area (Å²) in [5.74, 6) is -0.708. The summed E-state index contributed by atoms with van der Waals surface area (Å²) in [6.07, 6.45) is 1.43. The molecule has 0 aliphatic carbocycles. The van der Waals surface area contributed by atoms with Crippen molar-refractivity contribution in [2.24, 2.45) is 0 Å². The lowest BCUT2D eigenvalue weighted by Crippen LogP contribution is -2.27. The summed E-state index contributed by atoms with van der Waals surface area (Å²) >= 11 is 0. The highest BCUT2D eigenvalue weighted by atomic mass is 32.2. The van der Waals surface area contributed by atoms with E-state index in [-0.39, 0.29) is 31.5 Å². The van der Waals surface area contributed by atoms with Crippen molar-refractivity contribution in [1.82, 2.24) is 5.32 Å². The van der Waals surface area contributed by atoms with Crippen LogP contribution in [-0.2, 0) is 33.4 Å². The number of halogens is 1. The van der Waals surface area contributed by atoms with Crippen LogP contribution < -0.4 is 10.1 Å². The molecule has 0 atom stereocenters. The normalized spacial score (nSPS) is 13.7. The van der Waals surface area contributed by atoms with Gasteiger partial charge in [0.05, 0.1) is 12.4 Å². The first-order valence-electron chi connectivity index (χ1n) is 9.30. The molecule has 0 fully saturated rings. The first-order valence-corrected chi connectivity index (χ1v) is 11.4. The zero-order valence-electron chi connectivity index (χ0n) is 16.2. The van der Waals surface area contributed by atoms with Crippen LogP contribution >= 0.6 is 0 Å². The number of carbonyl (C=O) groups excluding carboxylic acids is 1. The number of nitrogens with one attached hydrogen (secondary N) is 1. The smallest absolute Gasteiger partial charge is 0.287 e. The number of rotatable bonds is 6. The lowest BCUT2D eigenvalue weighted by molar-refractivity contribution is -0.0172. The summed E-state index contributed by atoms with van der Waals surface area (Å²) in [6.45, 7) is 0.542. The first-order chi connectivity index (χ1) is 14.3. The van der Waals surface area contributed by atoms with Gasteiger partial charge < -0.3 is 19.2 Å². The highest BCUT2D eigenvalue weighted by Gasteiger charge is 2.23. The van der Waals surface area contributed by atoms with Crippen molar-refractivity contribution >= 4 is 26.7 Å². The second-order valence-electron chi connectivity index (χ2n) is 7.15. The Morgan fingerprint density at radius 2 is 2.03 bits per heavy atom. The second-order valence-corrected chi connectivity index (χ2v) is 9.29. The number of para-hydroxylation sites is 1. The monoisotopic (exact) mass is 433 g/mol. The van der Waals surface area contributed by atoms with E-state index in [0.717, 1.165) is 6.26 Å². The van der Waals surface area contributed by atoms with Crippen LogP contribution in [0.25, 0.3) is 11.0 Å². The number of hydrogen-bond donors (Lipinski definition) is 1. The van der Waals surface area contributed by atoms with Crippen LogP contribution in [-0.4, -0.2) is 33.9 Å². The Morgan fingerprint density at radius 3 is 2.83 bits per heavy atom. The van der Waals surface area contributed by atoms with Crippen LogP contribution in [0.3, 0.4) is 0 Å². The van der Waals surface area contributed by atoms with Crippen LogP contribution in [0, 0.1) is 5.82 Å². The number of sulfone groups is 1. The average molecular weight is 433 g/mol. The van der Waals surface area contributed by atoms with Crippen LogP contribution in [0.15, 0.2) is 40.8 Å². The summed E-state index contributed by atoms with van der Waals surface area (Å²) in [5, 5.41) is 3.31. The van der Waals surface area contributed by atoms with Gasteiger partial charge in [-0.25, -0.2) is 12.8 Å². The Labute approximate surface area is 172 Å². The van der Waals surface area contributed by atoms with Gasteiger partial charge in [0.1, 0.15) is 17.1 Å². The molecule has 0 radical (unpaired) electrons. The predicted octanol–water partition coefficient (Wildman–Crippen LogP) is 2.96. The van der Waals surface area contributed by atoms with E-state index in [2.05, 4.69) is 5.32 Å². The van der Waals surface area contributed by atoms with Crippen molar-refractivity contribution in [3.63, 3.8) is 0 Å². The number of hydrogen-bond acceptors (Lipinski definition) is 6. The Hall–Kier alpha value is -2.91. The number of carbonyl (C=O) groups is 1. The molecule has 1 aliphatic heterocycles. The van der Waals surface area contributed by atoms with Gasteiger partial charge in [-0.2, -0.15) is 0 Å². The predicted molar refractivity (Wildman–Crippen MR) is 107 cm³/mol. The lowest BCUT2D eigenvalue weighted by Gasteiger charge is -2.20. The molecule has 2 heterocycles. The molecule has 0 saturated carbocycles. The summed E-state index contributed by atoms with van der Waals surface area (Å²) in [6, 6.07) is 9.62. The van der Waals surface area contributed by atoms with E-state index in [1.807, 2.05) is 0 Å². The third-order valence-electron chi connectivity index (χ3n) is 4.74. The third-order valence-corrected chi connectivity index (χ3v) is 5.56. The minimum absolute atomic E-state index is 0.0347. The van der Waals surface area contributed by atoms with Gasteiger partial charge in [-0.1, -0.05) is 18.2 Å². The van der Waals surface area contributed by atoms with E-state index in [9.17, 15) is 17.6 Å². The van der Waals surface area contributed by atoms with E-state index in [1.54, 1.807) is 24.3 Å². The van der Waals surface area contributed by atoms with Gasteiger partial charge in [-0.15, -0.1) is 0 Å². The number of benzene rings is 2. The Kier molecular flexibility index (Phi) is 5.48. The van der Waals surface area contributed by atoms with Gasteiger partial charge in [0.2, 0.25) is 0 Å². The highest BCUT2D eigenvalue weighted by Crippen LogP contribution is 2.30. The third kappa shape index (κ3) is 4.31. The standard InChI is InChI=1S/C21H20FNO6S/c1-30(25,26)11-17-16-4-2-3-5-18(16)29-20(17)21(24)23-7-6-13-8-15(22)9-14-10-27-12-28-19(13)14/h2-5,8-9H,6-7,10-12H2,1H3,(H,23,24). The molecule has 4 rings (SSSR count). The molecule has 158 valence electrons. The van der Waals surface area contributed by atoms with Crippen LogP contribution in [0.5, 0.6) is 5.75 Å². The van der Waals surface area contributed by atoms with Gasteiger partial charge in [-0.3, -0.25) is 4.79 Å². The average Bonchev–Trinajstić information content (AvgIpc) is 3.05. The number of furan rings is 1. The Morgan fingerprint density at radius 1 is 1.23 bits per heavy atom. The van der Waals surface area contributed by atoms with Gasteiger partial charge in [0, 0.05) is 29.3 Å². The summed E-state index contributed by atoms with van der Waals surface area (Å²) in [5.41, 5.74) is 2.01. The van der Waals surface area contributed by atoms with Gasteiger partial charge in [0.15, 0.2) is 22.4 Å². The van der Waals surface area contributed by atoms with Gasteiger partial charge >= 0.3 is 0 Å². The molecule has 30 heavy (non-hydrogen) atoms. The molecular formula is C21H20FNO6S. The molecule has 3 aromatic rings. The fourth-order valence-corrected chi connectivity index (χ4v) is 4.33. The van der Waals surface area contributed by atoms with Crippen molar-refractivity contribution in [2.75, 3.05) is 19.6 Å². The van der Waals surface area contributed by atoms with Crippen LogP contribution in [0.2, 0.25) is 0 Å². The highest BCUT2D eigenvalue weighted by molar-refractivity contribution is 7.89. The maximum atomic E-state index is 13.9. The fraction of sp³-hybridized carbons (Fsp3) is 0.286. The molecule has 1 N–H and O–H groups in total. The van der Waals surface area contributed by atoms with Crippen LogP contribution in [0.1, 0.15) is 27.2 Å². The second kappa shape index (κ2) is 8.08. The fourth-order valence-electron chi connectivity index (χ4n) is 3.52. The Bertz CT molecular complexity index is 1220. The molecule has 1 amide bonds. The summed E-state index contributed by atoms with van der Waals surface area (Å²) in [4.78, 5) is 12.7. The molecular weight excluding hydrogens is 413 g/mol. The summed E-state index contributed by atoms with van der Waals surface area (Å²) in [7, 11) is -3.38. The summed E-state index contributed by atoms with van der Waals surface area (Å²) < 4.78 is 53.9. The number of ether oxygens (including phenoxy) is 2. The van der Waals surface area contributed by atoms with E-state index < -0.39 is 21.6 Å². The molecule has 0 saturated heterocycles. The molecule has 0 spiro atoms. The van der Waals surface area contributed by atoms with E-state index >= 15 is 0 Å². The lowest BCUT2D eigenvalue weighted by atomic mass is 10.1.